The number of ether oxygens (including phenoxy) is 2. The number of pyridine rings is 1. The van der Waals surface area contributed by atoms with Crippen LogP contribution < -0.4 is 4.74 Å². The van der Waals surface area contributed by atoms with Gasteiger partial charge in [-0.25, -0.2) is 4.79 Å². The molecule has 5 nitrogen and oxygen atoms in total. The lowest BCUT2D eigenvalue weighted by Gasteiger charge is -2.08. The second-order valence-corrected chi connectivity index (χ2v) is 5.83. The van der Waals surface area contributed by atoms with Crippen molar-refractivity contribution in [1.82, 2.24) is 4.40 Å². The number of nitriles is 1. The van der Waals surface area contributed by atoms with Gasteiger partial charge in [0.2, 0.25) is 0 Å². The molecular formula is C20H18N2O3. The Labute approximate surface area is 146 Å². The van der Waals surface area contributed by atoms with Gasteiger partial charge in [-0.05, 0) is 49.2 Å². The minimum absolute atomic E-state index is 0.0414. The maximum Gasteiger partial charge on any atom is 0.344 e. The molecule has 0 fully saturated rings. The van der Waals surface area contributed by atoms with Crippen LogP contribution >= 0.6 is 0 Å². The fourth-order valence-corrected chi connectivity index (χ4v) is 2.56. The van der Waals surface area contributed by atoms with Crippen LogP contribution in [0.3, 0.4) is 0 Å². The molecule has 126 valence electrons. The first-order valence-corrected chi connectivity index (χ1v) is 7.93. The zero-order chi connectivity index (χ0) is 17.8. The van der Waals surface area contributed by atoms with Crippen molar-refractivity contribution in [2.24, 2.45) is 0 Å². The first-order chi connectivity index (χ1) is 12.1. The molecule has 0 atom stereocenters. The summed E-state index contributed by atoms with van der Waals surface area (Å²) in [5, 5.41) is 9.34. The third-order valence-corrected chi connectivity index (χ3v) is 4.10. The Hall–Kier alpha value is -3.26. The monoisotopic (exact) mass is 334 g/mol. The van der Waals surface area contributed by atoms with E-state index in [1.165, 1.54) is 5.56 Å². The van der Waals surface area contributed by atoms with Crippen LogP contribution in [-0.4, -0.2) is 17.0 Å². The Bertz CT molecular complexity index is 967. The lowest BCUT2D eigenvalue weighted by Crippen LogP contribution is -2.15. The molecule has 3 rings (SSSR count). The van der Waals surface area contributed by atoms with E-state index in [1.54, 1.807) is 6.20 Å². The van der Waals surface area contributed by atoms with Gasteiger partial charge < -0.3 is 13.9 Å². The van der Waals surface area contributed by atoms with Crippen molar-refractivity contribution in [1.29, 1.82) is 5.26 Å². The van der Waals surface area contributed by atoms with Gasteiger partial charge in [0, 0.05) is 18.0 Å². The summed E-state index contributed by atoms with van der Waals surface area (Å²) in [5.41, 5.74) is 4.25. The van der Waals surface area contributed by atoms with Crippen LogP contribution in [0.4, 0.5) is 0 Å². The van der Waals surface area contributed by atoms with E-state index in [1.807, 2.05) is 60.8 Å². The maximum atomic E-state index is 11.9. The number of carbonyl (C=O) groups excluding carboxylic acids is 1. The predicted molar refractivity (Wildman–Crippen MR) is 93.3 cm³/mol. The lowest BCUT2D eigenvalue weighted by molar-refractivity contribution is -0.147. The molecule has 0 aliphatic rings. The van der Waals surface area contributed by atoms with Crippen LogP contribution in [0.25, 0.3) is 5.52 Å². The summed E-state index contributed by atoms with van der Waals surface area (Å²) in [5.74, 6) is 0.157. The third-order valence-electron chi connectivity index (χ3n) is 4.10. The van der Waals surface area contributed by atoms with Crippen LogP contribution in [0.15, 0.2) is 48.8 Å². The highest BCUT2D eigenvalue weighted by Gasteiger charge is 2.12. The lowest BCUT2D eigenvalue weighted by atomic mass is 10.1. The third kappa shape index (κ3) is 3.64. The summed E-state index contributed by atoms with van der Waals surface area (Å²) in [7, 11) is 0. The first-order valence-electron chi connectivity index (χ1n) is 7.93. The highest BCUT2D eigenvalue weighted by molar-refractivity contribution is 5.71. The van der Waals surface area contributed by atoms with Crippen molar-refractivity contribution in [3.8, 4) is 11.8 Å². The maximum absolute atomic E-state index is 11.9. The zero-order valence-corrected chi connectivity index (χ0v) is 14.2. The summed E-state index contributed by atoms with van der Waals surface area (Å²) < 4.78 is 12.6. The van der Waals surface area contributed by atoms with Crippen LogP contribution in [0, 0.1) is 25.2 Å². The van der Waals surface area contributed by atoms with E-state index in [9.17, 15) is 10.1 Å². The van der Waals surface area contributed by atoms with Crippen molar-refractivity contribution in [2.75, 3.05) is 6.61 Å². The molecule has 3 aromatic rings. The van der Waals surface area contributed by atoms with Crippen LogP contribution in [0.2, 0.25) is 0 Å². The van der Waals surface area contributed by atoms with E-state index in [0.717, 1.165) is 11.1 Å². The molecule has 0 aliphatic carbocycles. The number of hydrogen-bond donors (Lipinski definition) is 0. The number of hydrogen-bond acceptors (Lipinski definition) is 4. The average molecular weight is 334 g/mol. The van der Waals surface area contributed by atoms with Gasteiger partial charge in [0.05, 0.1) is 11.1 Å². The minimum Gasteiger partial charge on any atom is -0.482 e. The van der Waals surface area contributed by atoms with E-state index < -0.39 is 5.97 Å². The van der Waals surface area contributed by atoms with Gasteiger partial charge in [0.15, 0.2) is 6.61 Å². The van der Waals surface area contributed by atoms with Gasteiger partial charge in [-0.3, -0.25) is 0 Å². The molecule has 5 heteroatoms. The van der Waals surface area contributed by atoms with E-state index in [0.29, 0.717) is 16.9 Å². The Morgan fingerprint density at radius 3 is 2.80 bits per heavy atom. The highest BCUT2D eigenvalue weighted by Crippen LogP contribution is 2.19. The highest BCUT2D eigenvalue weighted by atomic mass is 16.6. The molecule has 0 bridgehead atoms. The minimum atomic E-state index is -0.475. The van der Waals surface area contributed by atoms with Gasteiger partial charge in [0.1, 0.15) is 18.4 Å². The number of fused-ring (bicyclic) bond motifs is 1. The van der Waals surface area contributed by atoms with Crippen molar-refractivity contribution in [3.05, 3.63) is 71.0 Å². The number of benzene rings is 1. The quantitative estimate of drug-likeness (QED) is 0.669. The molecule has 2 heterocycles. The van der Waals surface area contributed by atoms with E-state index in [-0.39, 0.29) is 13.2 Å². The smallest absolute Gasteiger partial charge is 0.344 e. The fraction of sp³-hybridized carbons (Fsp3) is 0.200. The van der Waals surface area contributed by atoms with Gasteiger partial charge in [0.25, 0.3) is 0 Å². The first kappa shape index (κ1) is 16.6. The number of nitrogens with zero attached hydrogens (tertiary/aromatic N) is 2. The molecule has 0 spiro atoms. The summed E-state index contributed by atoms with van der Waals surface area (Å²) in [4.78, 5) is 11.9. The predicted octanol–water partition coefficient (Wildman–Crippen LogP) is 3.55. The summed E-state index contributed by atoms with van der Waals surface area (Å²) in [6.45, 7) is 3.88. The van der Waals surface area contributed by atoms with Gasteiger partial charge in [-0.2, -0.15) is 5.26 Å². The number of esters is 1. The standard InChI is InChI=1S/C20H18N2O3/c1-14-6-7-17(9-15(14)2)24-13-20(23)25-12-16-11-22-8-4-3-5-19(22)18(16)10-21/h3-9,11H,12-13H2,1-2H3. The number of carbonyl (C=O) groups is 1. The topological polar surface area (TPSA) is 63.7 Å². The Balaban J connectivity index is 1.61. The molecule has 0 N–H and O–H groups in total. The zero-order valence-electron chi connectivity index (χ0n) is 14.2. The molecule has 2 aromatic heterocycles. The molecule has 0 aliphatic heterocycles. The second-order valence-electron chi connectivity index (χ2n) is 5.83. The van der Waals surface area contributed by atoms with Gasteiger partial charge in [-0.1, -0.05) is 12.1 Å². The molecule has 0 radical (unpaired) electrons. The van der Waals surface area contributed by atoms with E-state index in [4.69, 9.17) is 9.47 Å². The van der Waals surface area contributed by atoms with Crippen molar-refractivity contribution in [2.45, 2.75) is 20.5 Å². The normalized spacial score (nSPS) is 10.4. The number of aryl methyl sites for hydroxylation is 2. The van der Waals surface area contributed by atoms with Crippen LogP contribution in [0.1, 0.15) is 22.3 Å². The molecule has 0 saturated carbocycles. The molecular weight excluding hydrogens is 316 g/mol. The molecule has 0 saturated heterocycles. The SMILES string of the molecule is Cc1ccc(OCC(=O)OCc2cn3ccccc3c2C#N)cc1C. The Morgan fingerprint density at radius 1 is 1.20 bits per heavy atom. The number of aromatic nitrogens is 1. The van der Waals surface area contributed by atoms with E-state index >= 15 is 0 Å². The molecule has 1 aromatic carbocycles. The van der Waals surface area contributed by atoms with Gasteiger partial charge >= 0.3 is 5.97 Å². The van der Waals surface area contributed by atoms with Crippen LogP contribution in [0.5, 0.6) is 5.75 Å². The Kier molecular flexibility index (Phi) is 4.71. The van der Waals surface area contributed by atoms with Crippen molar-refractivity contribution in [3.63, 3.8) is 0 Å². The van der Waals surface area contributed by atoms with Gasteiger partial charge in [-0.15, -0.1) is 0 Å². The summed E-state index contributed by atoms with van der Waals surface area (Å²) in [6.07, 6.45) is 3.65. The van der Waals surface area contributed by atoms with Crippen molar-refractivity contribution >= 4 is 11.5 Å². The Morgan fingerprint density at radius 2 is 2.04 bits per heavy atom. The van der Waals surface area contributed by atoms with Crippen LogP contribution in [-0.2, 0) is 16.1 Å². The second kappa shape index (κ2) is 7.10. The molecule has 0 unspecified atom stereocenters. The van der Waals surface area contributed by atoms with E-state index in [2.05, 4.69) is 6.07 Å². The molecule has 25 heavy (non-hydrogen) atoms. The summed E-state index contributed by atoms with van der Waals surface area (Å²) >= 11 is 0. The largest absolute Gasteiger partial charge is 0.482 e. The summed E-state index contributed by atoms with van der Waals surface area (Å²) in [6, 6.07) is 13.4. The van der Waals surface area contributed by atoms with Crippen molar-refractivity contribution < 1.29 is 14.3 Å². The number of rotatable bonds is 5. The average Bonchev–Trinajstić information content (AvgIpc) is 2.98. The molecule has 0 amide bonds. The fourth-order valence-electron chi connectivity index (χ4n) is 2.56.